The molecule has 0 saturated heterocycles. The van der Waals surface area contributed by atoms with Gasteiger partial charge in [0.15, 0.2) is 5.75 Å². The maximum atomic E-state index is 14.0. The molecule has 172 valence electrons. The van der Waals surface area contributed by atoms with Crippen molar-refractivity contribution in [2.24, 2.45) is 0 Å². The number of benzene rings is 2. The number of aliphatic hydroxyl groups is 1. The first-order chi connectivity index (χ1) is 15.5. The average Bonchev–Trinajstić information content (AvgIpc) is 2.75. The van der Waals surface area contributed by atoms with Gasteiger partial charge >= 0.3 is 5.97 Å². The lowest BCUT2D eigenvalue weighted by Crippen LogP contribution is -2.46. The van der Waals surface area contributed by atoms with E-state index in [0.29, 0.717) is 22.2 Å². The number of rotatable bonds is 6. The lowest BCUT2D eigenvalue weighted by molar-refractivity contribution is -0.138. The van der Waals surface area contributed by atoms with E-state index < -0.39 is 31.1 Å². The molecule has 0 bridgehead atoms. The van der Waals surface area contributed by atoms with Gasteiger partial charge < -0.3 is 14.7 Å². The Hall–Kier alpha value is -3.04. The summed E-state index contributed by atoms with van der Waals surface area (Å²) in [5.74, 6) is 0.243. The van der Waals surface area contributed by atoms with Crippen LogP contribution in [0.4, 0.5) is 4.39 Å². The summed E-state index contributed by atoms with van der Waals surface area (Å²) in [6, 6.07) is 11.6. The predicted octanol–water partition coefficient (Wildman–Crippen LogP) is 4.60. The standard InChI is InChI=1S/C25H25FNO5P/c1-6-25(16(5)28,33(30)31)24(29)32-23-21(14(2)3)18-9-7-8-10-20(18)27-22(23)17-11-12-19(26)15(4)13-17/h1,7-14,16,28,33H,2-5H3,(H,30,31). The molecule has 0 aliphatic heterocycles. The Balaban J connectivity index is 2.36. The lowest BCUT2D eigenvalue weighted by atomic mass is 9.94. The second-order valence-electron chi connectivity index (χ2n) is 8.16. The number of esters is 1. The zero-order valence-electron chi connectivity index (χ0n) is 18.7. The summed E-state index contributed by atoms with van der Waals surface area (Å²) in [6.45, 7) is 6.56. The third-order valence-corrected chi connectivity index (χ3v) is 7.04. The van der Waals surface area contributed by atoms with Crippen LogP contribution in [0.5, 0.6) is 5.75 Å². The van der Waals surface area contributed by atoms with E-state index in [1.165, 1.54) is 12.1 Å². The van der Waals surface area contributed by atoms with E-state index in [1.807, 2.05) is 38.0 Å². The number of para-hydroxylation sites is 1. The van der Waals surface area contributed by atoms with E-state index in [2.05, 4.69) is 4.98 Å². The van der Waals surface area contributed by atoms with Crippen LogP contribution in [0.15, 0.2) is 42.5 Å². The van der Waals surface area contributed by atoms with Crippen molar-refractivity contribution in [1.29, 1.82) is 0 Å². The molecular formula is C25H25FNO5P. The first kappa shape index (κ1) is 24.6. The van der Waals surface area contributed by atoms with Crippen molar-refractivity contribution in [2.75, 3.05) is 0 Å². The normalized spacial score (nSPS) is 15.0. The van der Waals surface area contributed by atoms with Gasteiger partial charge in [0.25, 0.3) is 0 Å². The highest BCUT2D eigenvalue weighted by atomic mass is 31.1. The van der Waals surface area contributed by atoms with E-state index in [4.69, 9.17) is 11.2 Å². The molecule has 1 aromatic heterocycles. The highest BCUT2D eigenvalue weighted by molar-refractivity contribution is 7.42. The van der Waals surface area contributed by atoms with E-state index in [0.717, 1.165) is 12.3 Å². The summed E-state index contributed by atoms with van der Waals surface area (Å²) >= 11 is 0. The summed E-state index contributed by atoms with van der Waals surface area (Å²) in [6.07, 6.45) is 3.80. The molecule has 0 amide bonds. The number of hydrogen-bond acceptors (Lipinski definition) is 5. The van der Waals surface area contributed by atoms with Crippen molar-refractivity contribution < 1.29 is 28.5 Å². The fraction of sp³-hybridized carbons (Fsp3) is 0.280. The molecule has 3 aromatic rings. The number of halogens is 1. The molecule has 3 unspecified atom stereocenters. The molecule has 0 spiro atoms. The molecule has 33 heavy (non-hydrogen) atoms. The Labute approximate surface area is 192 Å². The molecule has 0 aliphatic carbocycles. The number of aliphatic hydroxyl groups excluding tert-OH is 1. The van der Waals surface area contributed by atoms with Gasteiger partial charge in [0, 0.05) is 16.5 Å². The second kappa shape index (κ2) is 9.44. The highest BCUT2D eigenvalue weighted by Gasteiger charge is 2.49. The number of pyridine rings is 1. The average molecular weight is 469 g/mol. The number of hydrogen-bond donors (Lipinski definition) is 2. The molecule has 0 saturated carbocycles. The van der Waals surface area contributed by atoms with Gasteiger partial charge in [-0.1, -0.05) is 38.0 Å². The third-order valence-electron chi connectivity index (χ3n) is 5.60. The topological polar surface area (TPSA) is 96.7 Å². The van der Waals surface area contributed by atoms with Crippen molar-refractivity contribution in [3.63, 3.8) is 0 Å². The molecule has 0 fully saturated rings. The van der Waals surface area contributed by atoms with E-state index in [-0.39, 0.29) is 17.4 Å². The minimum atomic E-state index is -3.74. The molecule has 2 N–H and O–H groups in total. The Morgan fingerprint density at radius 3 is 2.45 bits per heavy atom. The number of nitrogens with zero attached hydrogens (tertiary/aromatic N) is 1. The van der Waals surface area contributed by atoms with Crippen molar-refractivity contribution >= 4 is 24.9 Å². The van der Waals surface area contributed by atoms with Crippen molar-refractivity contribution in [3.8, 4) is 29.4 Å². The van der Waals surface area contributed by atoms with Gasteiger partial charge in [-0.05, 0) is 49.6 Å². The summed E-state index contributed by atoms with van der Waals surface area (Å²) in [4.78, 5) is 27.8. The molecular weight excluding hydrogens is 444 g/mol. The van der Waals surface area contributed by atoms with E-state index in [1.54, 1.807) is 19.1 Å². The minimum absolute atomic E-state index is 0.0447. The second-order valence-corrected chi connectivity index (χ2v) is 9.56. The van der Waals surface area contributed by atoms with Crippen LogP contribution in [-0.4, -0.2) is 32.2 Å². The maximum absolute atomic E-state index is 14.0. The van der Waals surface area contributed by atoms with Crippen LogP contribution < -0.4 is 4.74 Å². The van der Waals surface area contributed by atoms with Crippen LogP contribution in [0.2, 0.25) is 0 Å². The number of ether oxygens (including phenoxy) is 1. The number of terminal acetylenes is 1. The van der Waals surface area contributed by atoms with Crippen LogP contribution >= 0.6 is 8.03 Å². The van der Waals surface area contributed by atoms with Gasteiger partial charge in [-0.2, -0.15) is 0 Å². The highest BCUT2D eigenvalue weighted by Crippen LogP contribution is 2.44. The first-order valence-electron chi connectivity index (χ1n) is 10.3. The van der Waals surface area contributed by atoms with Gasteiger partial charge in [0.2, 0.25) is 13.2 Å². The Bertz CT molecular complexity index is 1300. The van der Waals surface area contributed by atoms with Crippen molar-refractivity contribution in [3.05, 3.63) is 59.4 Å². The maximum Gasteiger partial charge on any atom is 0.342 e. The molecule has 0 aliphatic rings. The van der Waals surface area contributed by atoms with Crippen molar-refractivity contribution in [1.82, 2.24) is 4.98 Å². The summed E-state index contributed by atoms with van der Waals surface area (Å²) < 4.78 is 31.8. The fourth-order valence-corrected chi connectivity index (χ4v) is 4.44. The zero-order valence-corrected chi connectivity index (χ0v) is 19.7. The SMILES string of the molecule is C#CC(C(=O)Oc1c(-c2ccc(F)c(C)c2)nc2ccccc2c1C(C)C)(C(C)O)[PH](=O)O. The summed E-state index contributed by atoms with van der Waals surface area (Å²) in [5, 5.41) is 8.44. The quantitative estimate of drug-likeness (QED) is 0.311. The number of aryl methyl sites for hydroxylation is 1. The lowest BCUT2D eigenvalue weighted by Gasteiger charge is -2.27. The van der Waals surface area contributed by atoms with Gasteiger partial charge in [-0.15, -0.1) is 6.42 Å². The van der Waals surface area contributed by atoms with Crippen LogP contribution in [0.25, 0.3) is 22.2 Å². The number of fused-ring (bicyclic) bond motifs is 1. The van der Waals surface area contributed by atoms with Gasteiger partial charge in [0.05, 0.1) is 11.6 Å². The van der Waals surface area contributed by atoms with E-state index in [9.17, 15) is 23.7 Å². The van der Waals surface area contributed by atoms with Gasteiger partial charge in [-0.3, -0.25) is 4.57 Å². The molecule has 3 atom stereocenters. The number of carbonyl (C=O) groups excluding carboxylic acids is 1. The monoisotopic (exact) mass is 469 g/mol. The van der Waals surface area contributed by atoms with Gasteiger partial charge in [-0.25, -0.2) is 14.2 Å². The number of carbonyl (C=O) groups is 1. The zero-order chi connectivity index (χ0) is 24.5. The molecule has 8 heteroatoms. The number of aromatic nitrogens is 1. The largest absolute Gasteiger partial charge is 0.422 e. The molecule has 1 heterocycles. The van der Waals surface area contributed by atoms with E-state index >= 15 is 0 Å². The Morgan fingerprint density at radius 2 is 1.91 bits per heavy atom. The summed E-state index contributed by atoms with van der Waals surface area (Å²) in [7, 11) is -3.74. The minimum Gasteiger partial charge on any atom is -0.422 e. The molecule has 0 radical (unpaired) electrons. The third kappa shape index (κ3) is 4.30. The smallest absolute Gasteiger partial charge is 0.342 e. The Kier molecular flexibility index (Phi) is 7.04. The molecule has 6 nitrogen and oxygen atoms in total. The van der Waals surface area contributed by atoms with Crippen LogP contribution in [0, 0.1) is 25.1 Å². The Morgan fingerprint density at radius 1 is 1.24 bits per heavy atom. The predicted molar refractivity (Wildman–Crippen MR) is 126 cm³/mol. The van der Waals surface area contributed by atoms with Crippen LogP contribution in [0.3, 0.4) is 0 Å². The summed E-state index contributed by atoms with van der Waals surface area (Å²) in [5.41, 5.74) is 2.37. The van der Waals surface area contributed by atoms with Crippen LogP contribution in [-0.2, 0) is 9.36 Å². The fourth-order valence-electron chi connectivity index (χ4n) is 3.74. The first-order valence-corrected chi connectivity index (χ1v) is 11.7. The molecule has 2 aromatic carbocycles. The van der Waals surface area contributed by atoms with Crippen LogP contribution in [0.1, 0.15) is 37.8 Å². The van der Waals surface area contributed by atoms with Gasteiger partial charge in [0.1, 0.15) is 11.5 Å². The van der Waals surface area contributed by atoms with Crippen molar-refractivity contribution in [2.45, 2.75) is 44.9 Å². The molecule has 3 rings (SSSR count).